The first kappa shape index (κ1) is 11.7. The third-order valence-corrected chi connectivity index (χ3v) is 2.42. The topological polar surface area (TPSA) is 56.8 Å². The maximum atomic E-state index is 11.7. The van der Waals surface area contributed by atoms with Gasteiger partial charge >= 0.3 is 0 Å². The summed E-state index contributed by atoms with van der Waals surface area (Å²) in [7, 11) is 0. The number of hydrogen-bond donors (Lipinski definition) is 1. The van der Waals surface area contributed by atoms with Crippen molar-refractivity contribution in [1.29, 1.82) is 0 Å². The smallest absolute Gasteiger partial charge is 0.288 e. The number of hydroxylamine groups is 1. The van der Waals surface area contributed by atoms with Crippen LogP contribution >= 0.6 is 0 Å². The van der Waals surface area contributed by atoms with Crippen LogP contribution in [0.15, 0.2) is 24.3 Å². The number of carbonyl (C=O) groups excluding carboxylic acids is 1. The maximum absolute atomic E-state index is 11.7. The Kier molecular flexibility index (Phi) is 3.49. The minimum absolute atomic E-state index is 0.339. The maximum Gasteiger partial charge on any atom is 0.288 e. The van der Waals surface area contributed by atoms with Crippen molar-refractivity contribution in [2.45, 2.75) is 26.1 Å². The molecule has 17 heavy (non-hydrogen) atoms. The lowest BCUT2D eigenvalue weighted by molar-refractivity contribution is -0.145. The van der Waals surface area contributed by atoms with Crippen LogP contribution in [0.4, 0.5) is 0 Å². The number of benzene rings is 1. The molecule has 1 amide bonds. The highest BCUT2D eigenvalue weighted by molar-refractivity contribution is 5.81. The molecule has 0 radical (unpaired) electrons. The van der Waals surface area contributed by atoms with E-state index in [-0.39, 0.29) is 12.0 Å². The normalized spacial score (nSPS) is 22.0. The summed E-state index contributed by atoms with van der Waals surface area (Å²) in [5.74, 6) is 0.886. The van der Waals surface area contributed by atoms with Crippen LogP contribution in [0.5, 0.6) is 11.5 Å². The van der Waals surface area contributed by atoms with Gasteiger partial charge in [-0.05, 0) is 26.0 Å². The lowest BCUT2D eigenvalue weighted by Crippen LogP contribution is -2.48. The van der Waals surface area contributed by atoms with Crippen molar-refractivity contribution in [2.24, 2.45) is 0 Å². The second kappa shape index (κ2) is 5.05. The molecule has 0 unspecified atom stereocenters. The van der Waals surface area contributed by atoms with Crippen LogP contribution in [0.2, 0.25) is 0 Å². The number of amides is 1. The van der Waals surface area contributed by atoms with Crippen molar-refractivity contribution in [3.8, 4) is 11.5 Å². The fourth-order valence-electron chi connectivity index (χ4n) is 1.61. The van der Waals surface area contributed by atoms with Crippen LogP contribution < -0.4 is 15.0 Å². The van der Waals surface area contributed by atoms with Gasteiger partial charge in [0.15, 0.2) is 11.5 Å². The molecule has 5 nitrogen and oxygen atoms in total. The summed E-state index contributed by atoms with van der Waals surface area (Å²) in [5.41, 5.74) is 2.32. The molecule has 0 saturated carbocycles. The highest BCUT2D eigenvalue weighted by Crippen LogP contribution is 2.33. The van der Waals surface area contributed by atoms with E-state index in [0.29, 0.717) is 18.1 Å². The van der Waals surface area contributed by atoms with Gasteiger partial charge in [-0.25, -0.2) is 5.48 Å². The average Bonchev–Trinajstić information content (AvgIpc) is 2.35. The van der Waals surface area contributed by atoms with E-state index in [2.05, 4.69) is 5.48 Å². The SMILES string of the molecule is CCONC(=O)[C@@H]1Oc2ccccc2O[C@H]1C. The van der Waals surface area contributed by atoms with Gasteiger partial charge in [0.25, 0.3) is 5.91 Å². The lowest BCUT2D eigenvalue weighted by Gasteiger charge is -2.30. The molecule has 1 aromatic carbocycles. The molecule has 1 heterocycles. The molecule has 92 valence electrons. The van der Waals surface area contributed by atoms with E-state index >= 15 is 0 Å². The van der Waals surface area contributed by atoms with Gasteiger partial charge in [-0.15, -0.1) is 0 Å². The van der Waals surface area contributed by atoms with Crippen molar-refractivity contribution in [3.05, 3.63) is 24.3 Å². The molecular formula is C12H15NO4. The van der Waals surface area contributed by atoms with Gasteiger partial charge in [-0.3, -0.25) is 9.63 Å². The van der Waals surface area contributed by atoms with E-state index in [4.69, 9.17) is 14.3 Å². The molecule has 0 aliphatic carbocycles. The minimum Gasteiger partial charge on any atom is -0.482 e. The Bertz CT molecular complexity index is 407. The Labute approximate surface area is 99.6 Å². The van der Waals surface area contributed by atoms with E-state index in [1.165, 1.54) is 0 Å². The quantitative estimate of drug-likeness (QED) is 0.805. The summed E-state index contributed by atoms with van der Waals surface area (Å²) in [6.07, 6.45) is -1.05. The summed E-state index contributed by atoms with van der Waals surface area (Å²) in [4.78, 5) is 16.6. The van der Waals surface area contributed by atoms with Crippen LogP contribution in [-0.4, -0.2) is 24.7 Å². The van der Waals surface area contributed by atoms with E-state index < -0.39 is 6.10 Å². The number of ether oxygens (including phenoxy) is 2. The molecule has 1 aliphatic rings. The first-order valence-corrected chi connectivity index (χ1v) is 5.56. The van der Waals surface area contributed by atoms with Crippen LogP contribution in [0.25, 0.3) is 0 Å². The fourth-order valence-corrected chi connectivity index (χ4v) is 1.61. The molecule has 0 aromatic heterocycles. The summed E-state index contributed by atoms with van der Waals surface area (Å²) in [6, 6.07) is 7.26. The Morgan fingerprint density at radius 2 is 2.00 bits per heavy atom. The van der Waals surface area contributed by atoms with Crippen LogP contribution in [0, 0.1) is 0 Å². The van der Waals surface area contributed by atoms with Gasteiger partial charge in [0.1, 0.15) is 6.10 Å². The first-order valence-electron chi connectivity index (χ1n) is 5.56. The monoisotopic (exact) mass is 237 g/mol. The number of nitrogens with one attached hydrogen (secondary N) is 1. The van der Waals surface area contributed by atoms with E-state index in [1.54, 1.807) is 19.9 Å². The molecule has 0 spiro atoms. The predicted octanol–water partition coefficient (Wildman–Crippen LogP) is 1.28. The minimum atomic E-state index is -0.698. The zero-order valence-electron chi connectivity index (χ0n) is 9.80. The Morgan fingerprint density at radius 3 is 2.65 bits per heavy atom. The van der Waals surface area contributed by atoms with Gasteiger partial charge < -0.3 is 9.47 Å². The van der Waals surface area contributed by atoms with Gasteiger partial charge in [0.2, 0.25) is 6.10 Å². The number of hydrogen-bond acceptors (Lipinski definition) is 4. The van der Waals surface area contributed by atoms with Crippen LogP contribution in [0.1, 0.15) is 13.8 Å². The average molecular weight is 237 g/mol. The molecule has 0 bridgehead atoms. The van der Waals surface area contributed by atoms with Crippen molar-refractivity contribution in [3.63, 3.8) is 0 Å². The molecule has 1 aromatic rings. The standard InChI is InChI=1S/C12H15NO4/c1-3-15-13-12(14)11-8(2)16-9-6-4-5-7-10(9)17-11/h4-8,11H,3H2,1-2H3,(H,13,14)/t8-,11+/m0/s1. The Morgan fingerprint density at radius 1 is 1.35 bits per heavy atom. The molecule has 5 heteroatoms. The van der Waals surface area contributed by atoms with Crippen molar-refractivity contribution >= 4 is 5.91 Å². The molecule has 2 atom stereocenters. The number of rotatable bonds is 3. The zero-order valence-corrected chi connectivity index (χ0v) is 9.80. The van der Waals surface area contributed by atoms with Crippen molar-refractivity contribution in [1.82, 2.24) is 5.48 Å². The third kappa shape index (κ3) is 2.50. The highest BCUT2D eigenvalue weighted by atomic mass is 16.7. The lowest BCUT2D eigenvalue weighted by atomic mass is 10.1. The molecule has 1 aliphatic heterocycles. The summed E-state index contributed by atoms with van der Waals surface area (Å²) in [5, 5.41) is 0. The zero-order chi connectivity index (χ0) is 12.3. The summed E-state index contributed by atoms with van der Waals surface area (Å²) in [6.45, 7) is 3.98. The second-order valence-electron chi connectivity index (χ2n) is 3.71. The van der Waals surface area contributed by atoms with Crippen LogP contribution in [0.3, 0.4) is 0 Å². The summed E-state index contributed by atoms with van der Waals surface area (Å²) >= 11 is 0. The van der Waals surface area contributed by atoms with Crippen molar-refractivity contribution in [2.75, 3.05) is 6.61 Å². The molecule has 0 saturated heterocycles. The first-order chi connectivity index (χ1) is 8.22. The molecule has 0 fully saturated rings. The van der Waals surface area contributed by atoms with Crippen molar-refractivity contribution < 1.29 is 19.1 Å². The molecule has 1 N–H and O–H groups in total. The van der Waals surface area contributed by atoms with Gasteiger partial charge in [0, 0.05) is 0 Å². The van der Waals surface area contributed by atoms with Gasteiger partial charge in [-0.1, -0.05) is 12.1 Å². The molecule has 2 rings (SSSR count). The van der Waals surface area contributed by atoms with E-state index in [0.717, 1.165) is 0 Å². The van der Waals surface area contributed by atoms with Crippen LogP contribution in [-0.2, 0) is 9.63 Å². The second-order valence-corrected chi connectivity index (χ2v) is 3.71. The Balaban J connectivity index is 2.09. The number of para-hydroxylation sites is 2. The third-order valence-electron chi connectivity index (χ3n) is 2.42. The summed E-state index contributed by atoms with van der Waals surface area (Å²) < 4.78 is 11.2. The number of fused-ring (bicyclic) bond motifs is 1. The van der Waals surface area contributed by atoms with Gasteiger partial charge in [-0.2, -0.15) is 0 Å². The number of carbonyl (C=O) groups is 1. The van der Waals surface area contributed by atoms with E-state index in [9.17, 15) is 4.79 Å². The van der Waals surface area contributed by atoms with E-state index in [1.807, 2.05) is 18.2 Å². The highest BCUT2D eigenvalue weighted by Gasteiger charge is 2.34. The fraction of sp³-hybridized carbons (Fsp3) is 0.417. The molecular weight excluding hydrogens is 222 g/mol. The Hall–Kier alpha value is -1.75. The largest absolute Gasteiger partial charge is 0.482 e. The van der Waals surface area contributed by atoms with Gasteiger partial charge in [0.05, 0.1) is 6.61 Å². The predicted molar refractivity (Wildman–Crippen MR) is 60.7 cm³/mol.